The molecule has 0 unspecified atom stereocenters. The Balaban J connectivity index is 0.986. The van der Waals surface area contributed by atoms with Crippen LogP contribution >= 0.6 is 0 Å². The molecule has 0 atom stereocenters. The minimum absolute atomic E-state index is 0.0278. The summed E-state index contributed by atoms with van der Waals surface area (Å²) < 4.78 is 18.6. The van der Waals surface area contributed by atoms with Crippen LogP contribution in [0.15, 0.2) is 48.5 Å². The first-order valence-corrected chi connectivity index (χ1v) is 14.3. The van der Waals surface area contributed by atoms with Crippen molar-refractivity contribution in [1.29, 1.82) is 0 Å². The van der Waals surface area contributed by atoms with Crippen LogP contribution in [-0.2, 0) is 4.74 Å². The monoisotopic (exact) mass is 521 g/mol. The van der Waals surface area contributed by atoms with E-state index in [1.807, 2.05) is 24.3 Å². The van der Waals surface area contributed by atoms with Crippen LogP contribution in [-0.4, -0.2) is 68.6 Å². The lowest BCUT2D eigenvalue weighted by Crippen LogP contribution is -2.39. The van der Waals surface area contributed by atoms with E-state index >= 15 is 0 Å². The molecule has 6 nitrogen and oxygen atoms in total. The largest absolute Gasteiger partial charge is 0.378 e. The molecule has 1 N–H and O–H groups in total. The maximum Gasteiger partial charge on any atom is 0.251 e. The van der Waals surface area contributed by atoms with Gasteiger partial charge in [0.25, 0.3) is 5.91 Å². The van der Waals surface area contributed by atoms with Gasteiger partial charge in [0.2, 0.25) is 0 Å². The highest BCUT2D eigenvalue weighted by molar-refractivity contribution is 5.97. The Morgan fingerprint density at radius 2 is 1.45 bits per heavy atom. The number of carbonyl (C=O) groups excluding carboxylic acids is 2. The zero-order valence-corrected chi connectivity index (χ0v) is 22.2. The van der Waals surface area contributed by atoms with Crippen LogP contribution in [0.4, 0.5) is 10.1 Å². The number of benzene rings is 2. The number of rotatable bonds is 8. The standard InChI is InChI=1S/C31H40FN3O3/c32-27-7-3-24(4-8-27)30(36)25-14-17-34(18-15-25)16-13-23-1-9-28(10-2-23)33-31(37)26-5-11-29(12-6-26)35-19-21-38-22-20-35/h3-8,11-12,23,25,28H,1-2,9-10,13-22H2,(H,33,37)/t23-,28-. The number of piperidine rings is 1. The number of carbonyl (C=O) groups is 2. The smallest absolute Gasteiger partial charge is 0.251 e. The lowest BCUT2D eigenvalue weighted by Gasteiger charge is -2.34. The third kappa shape index (κ3) is 7.00. The fraction of sp³-hybridized carbons (Fsp3) is 0.548. The third-order valence-electron chi connectivity index (χ3n) is 8.63. The summed E-state index contributed by atoms with van der Waals surface area (Å²) >= 11 is 0. The fourth-order valence-electron chi connectivity index (χ4n) is 6.14. The highest BCUT2D eigenvalue weighted by Crippen LogP contribution is 2.29. The van der Waals surface area contributed by atoms with Crippen molar-refractivity contribution >= 4 is 17.4 Å². The van der Waals surface area contributed by atoms with Crippen molar-refractivity contribution in [3.05, 3.63) is 65.5 Å². The first kappa shape index (κ1) is 26.8. The number of amides is 1. The number of ether oxygens (including phenoxy) is 1. The molecule has 0 aromatic heterocycles. The normalized spacial score (nSPS) is 23.2. The summed E-state index contributed by atoms with van der Waals surface area (Å²) in [5, 5.41) is 3.26. The second kappa shape index (κ2) is 12.9. The van der Waals surface area contributed by atoms with Crippen LogP contribution in [0.2, 0.25) is 0 Å². The number of halogens is 1. The molecule has 1 amide bonds. The fourth-order valence-corrected chi connectivity index (χ4v) is 6.14. The number of hydrogen-bond donors (Lipinski definition) is 1. The molecule has 2 aliphatic heterocycles. The third-order valence-corrected chi connectivity index (χ3v) is 8.63. The molecule has 0 bridgehead atoms. The molecule has 3 aliphatic rings. The Hall–Kier alpha value is -2.77. The summed E-state index contributed by atoms with van der Waals surface area (Å²) in [5.41, 5.74) is 2.50. The van der Waals surface area contributed by atoms with Crippen LogP contribution in [0.1, 0.15) is 65.7 Å². The van der Waals surface area contributed by atoms with E-state index in [2.05, 4.69) is 15.1 Å². The molecule has 0 radical (unpaired) electrons. The zero-order chi connectivity index (χ0) is 26.3. The van der Waals surface area contributed by atoms with Crippen LogP contribution in [0.3, 0.4) is 0 Å². The van der Waals surface area contributed by atoms with Crippen molar-refractivity contribution < 1.29 is 18.7 Å². The van der Waals surface area contributed by atoms with Crippen molar-refractivity contribution in [1.82, 2.24) is 10.2 Å². The van der Waals surface area contributed by atoms with Crippen LogP contribution < -0.4 is 10.2 Å². The SMILES string of the molecule is O=C(N[C@H]1CC[C@H](CCN2CCC(C(=O)c3ccc(F)cc3)CC2)CC1)c1ccc(N2CCOCC2)cc1. The van der Waals surface area contributed by atoms with Crippen molar-refractivity contribution in [2.24, 2.45) is 11.8 Å². The van der Waals surface area contributed by atoms with E-state index in [9.17, 15) is 14.0 Å². The van der Waals surface area contributed by atoms with Gasteiger partial charge in [0.05, 0.1) is 13.2 Å². The molecule has 5 rings (SSSR count). The summed E-state index contributed by atoms with van der Waals surface area (Å²) in [5.74, 6) is 0.626. The van der Waals surface area contributed by atoms with Gasteiger partial charge in [-0.15, -0.1) is 0 Å². The highest BCUT2D eigenvalue weighted by Gasteiger charge is 2.27. The molecule has 1 aliphatic carbocycles. The van der Waals surface area contributed by atoms with Gasteiger partial charge >= 0.3 is 0 Å². The Kier molecular flexibility index (Phi) is 9.07. The molecule has 7 heteroatoms. The Bertz CT molecular complexity index is 1050. The molecule has 3 fully saturated rings. The van der Waals surface area contributed by atoms with Crippen molar-refractivity contribution in [2.75, 3.05) is 50.8 Å². The molecule has 38 heavy (non-hydrogen) atoms. The molecule has 204 valence electrons. The van der Waals surface area contributed by atoms with Gasteiger partial charge in [-0.25, -0.2) is 4.39 Å². The highest BCUT2D eigenvalue weighted by atomic mass is 19.1. The van der Waals surface area contributed by atoms with Gasteiger partial charge in [0.15, 0.2) is 5.78 Å². The lowest BCUT2D eigenvalue weighted by atomic mass is 9.83. The minimum Gasteiger partial charge on any atom is -0.378 e. The Morgan fingerprint density at radius 3 is 2.11 bits per heavy atom. The molecule has 2 aromatic carbocycles. The van der Waals surface area contributed by atoms with Crippen LogP contribution in [0, 0.1) is 17.7 Å². The molecule has 2 heterocycles. The van der Waals surface area contributed by atoms with E-state index in [0.29, 0.717) is 11.5 Å². The predicted octanol–water partition coefficient (Wildman–Crippen LogP) is 4.94. The van der Waals surface area contributed by atoms with Gasteiger partial charge in [0, 0.05) is 41.9 Å². The van der Waals surface area contributed by atoms with Crippen LogP contribution in [0.25, 0.3) is 0 Å². The topological polar surface area (TPSA) is 61.9 Å². The van der Waals surface area contributed by atoms with Gasteiger partial charge in [0.1, 0.15) is 5.82 Å². The molecule has 0 spiro atoms. The zero-order valence-electron chi connectivity index (χ0n) is 22.2. The van der Waals surface area contributed by atoms with E-state index in [4.69, 9.17) is 4.74 Å². The van der Waals surface area contributed by atoms with E-state index < -0.39 is 0 Å². The van der Waals surface area contributed by atoms with Gasteiger partial charge in [-0.3, -0.25) is 9.59 Å². The average Bonchev–Trinajstić information content (AvgIpc) is 2.97. The summed E-state index contributed by atoms with van der Waals surface area (Å²) in [4.78, 5) is 30.3. The van der Waals surface area contributed by atoms with E-state index in [1.54, 1.807) is 12.1 Å². The lowest BCUT2D eigenvalue weighted by molar-refractivity contribution is 0.0832. The molecule has 2 saturated heterocycles. The second-order valence-corrected chi connectivity index (χ2v) is 11.1. The summed E-state index contributed by atoms with van der Waals surface area (Å²) in [6, 6.07) is 14.1. The van der Waals surface area contributed by atoms with Gasteiger partial charge in [-0.05, 0) is 119 Å². The molecular weight excluding hydrogens is 481 g/mol. The summed E-state index contributed by atoms with van der Waals surface area (Å²) in [6.07, 6.45) is 7.32. The number of nitrogens with zero attached hydrogens (tertiary/aromatic N) is 2. The molecular formula is C31H40FN3O3. The Morgan fingerprint density at radius 1 is 0.816 bits per heavy atom. The molecule has 1 saturated carbocycles. The number of hydrogen-bond acceptors (Lipinski definition) is 5. The number of ketones is 1. The van der Waals surface area contributed by atoms with Gasteiger partial charge in [-0.2, -0.15) is 0 Å². The Labute approximate surface area is 225 Å². The van der Waals surface area contributed by atoms with E-state index in [1.165, 1.54) is 18.6 Å². The second-order valence-electron chi connectivity index (χ2n) is 11.1. The summed E-state index contributed by atoms with van der Waals surface area (Å²) in [6.45, 7) is 6.27. The van der Waals surface area contributed by atoms with Crippen LogP contribution in [0.5, 0.6) is 0 Å². The molecule has 2 aromatic rings. The van der Waals surface area contributed by atoms with Crippen molar-refractivity contribution in [2.45, 2.75) is 51.0 Å². The number of likely N-dealkylation sites (tertiary alicyclic amines) is 1. The van der Waals surface area contributed by atoms with E-state index in [0.717, 1.165) is 95.7 Å². The van der Waals surface area contributed by atoms with Gasteiger partial charge in [-0.1, -0.05) is 0 Å². The summed E-state index contributed by atoms with van der Waals surface area (Å²) in [7, 11) is 0. The first-order chi connectivity index (χ1) is 18.5. The average molecular weight is 522 g/mol. The number of nitrogens with one attached hydrogen (secondary N) is 1. The number of anilines is 1. The number of Topliss-reactive ketones (excluding diaryl/α,β-unsaturated/α-hetero) is 1. The van der Waals surface area contributed by atoms with E-state index in [-0.39, 0.29) is 29.5 Å². The van der Waals surface area contributed by atoms with Gasteiger partial charge < -0.3 is 19.9 Å². The minimum atomic E-state index is -0.304. The maximum atomic E-state index is 13.2. The first-order valence-electron chi connectivity index (χ1n) is 14.3. The quantitative estimate of drug-likeness (QED) is 0.499. The predicted molar refractivity (Wildman–Crippen MR) is 147 cm³/mol. The van der Waals surface area contributed by atoms with Crippen molar-refractivity contribution in [3.63, 3.8) is 0 Å². The number of morpholine rings is 1. The maximum absolute atomic E-state index is 13.2. The van der Waals surface area contributed by atoms with Crippen molar-refractivity contribution in [3.8, 4) is 0 Å².